The molecular formula is C15H17NO. The molecule has 0 aliphatic heterocycles. The molecule has 2 nitrogen and oxygen atoms in total. The van der Waals surface area contributed by atoms with Crippen molar-refractivity contribution in [2.24, 2.45) is 0 Å². The first-order valence-electron chi connectivity index (χ1n) is 5.80. The molecule has 0 fully saturated rings. The van der Waals surface area contributed by atoms with E-state index < -0.39 is 0 Å². The summed E-state index contributed by atoms with van der Waals surface area (Å²) in [6, 6.07) is 12.9. The molecule has 0 amide bonds. The van der Waals surface area contributed by atoms with E-state index in [1.807, 2.05) is 51.1 Å². The van der Waals surface area contributed by atoms with Gasteiger partial charge in [-0.2, -0.15) is 0 Å². The highest BCUT2D eigenvalue weighted by Gasteiger charge is 2.08. The fourth-order valence-electron chi connectivity index (χ4n) is 1.43. The number of aryl methyl sites for hydroxylation is 1. The second-order valence-corrected chi connectivity index (χ2v) is 3.41. The summed E-state index contributed by atoms with van der Waals surface area (Å²) in [6.07, 6.45) is 1.63. The number of carbonyl (C=O) groups excluding carboxylic acids is 1. The maximum absolute atomic E-state index is 11.9. The second kappa shape index (κ2) is 6.59. The summed E-state index contributed by atoms with van der Waals surface area (Å²) in [6.45, 7) is 5.97. The minimum absolute atomic E-state index is 0.0284. The average Bonchev–Trinajstić information content (AvgIpc) is 2.41. The van der Waals surface area contributed by atoms with Gasteiger partial charge in [-0.3, -0.25) is 9.78 Å². The molecule has 0 aliphatic carbocycles. The van der Waals surface area contributed by atoms with Crippen LogP contribution in [0.1, 0.15) is 35.5 Å². The van der Waals surface area contributed by atoms with Crippen LogP contribution >= 0.6 is 0 Å². The zero-order chi connectivity index (χ0) is 12.7. The molecule has 0 N–H and O–H groups in total. The molecule has 0 spiro atoms. The lowest BCUT2D eigenvalue weighted by Crippen LogP contribution is -2.03. The van der Waals surface area contributed by atoms with Crippen molar-refractivity contribution in [1.29, 1.82) is 0 Å². The third-order valence-corrected chi connectivity index (χ3v) is 2.18. The number of ketones is 1. The zero-order valence-corrected chi connectivity index (χ0v) is 10.5. The van der Waals surface area contributed by atoms with Gasteiger partial charge in [0.2, 0.25) is 5.78 Å². The normalized spacial score (nSPS) is 9.12. The topological polar surface area (TPSA) is 30.0 Å². The summed E-state index contributed by atoms with van der Waals surface area (Å²) in [5, 5.41) is 0. The molecule has 0 radical (unpaired) electrons. The third-order valence-electron chi connectivity index (χ3n) is 2.18. The van der Waals surface area contributed by atoms with E-state index in [-0.39, 0.29) is 5.78 Å². The Bertz CT molecular complexity index is 477. The highest BCUT2D eigenvalue weighted by Crippen LogP contribution is 2.09. The number of hydrogen-bond acceptors (Lipinski definition) is 2. The van der Waals surface area contributed by atoms with Gasteiger partial charge < -0.3 is 0 Å². The lowest BCUT2D eigenvalue weighted by atomic mass is 10.1. The summed E-state index contributed by atoms with van der Waals surface area (Å²) >= 11 is 0. The van der Waals surface area contributed by atoms with E-state index in [1.165, 1.54) is 0 Å². The van der Waals surface area contributed by atoms with Gasteiger partial charge >= 0.3 is 0 Å². The van der Waals surface area contributed by atoms with Crippen molar-refractivity contribution in [3.05, 3.63) is 65.5 Å². The van der Waals surface area contributed by atoms with E-state index in [1.54, 1.807) is 18.3 Å². The van der Waals surface area contributed by atoms with E-state index in [4.69, 9.17) is 0 Å². The lowest BCUT2D eigenvalue weighted by molar-refractivity contribution is 0.103. The highest BCUT2D eigenvalue weighted by atomic mass is 16.1. The van der Waals surface area contributed by atoms with Gasteiger partial charge in [-0.1, -0.05) is 43.7 Å². The van der Waals surface area contributed by atoms with Crippen molar-refractivity contribution in [3.8, 4) is 0 Å². The smallest absolute Gasteiger partial charge is 0.211 e. The molecule has 0 atom stereocenters. The van der Waals surface area contributed by atoms with Crippen LogP contribution in [0.2, 0.25) is 0 Å². The minimum Gasteiger partial charge on any atom is -0.287 e. The van der Waals surface area contributed by atoms with Crippen molar-refractivity contribution >= 4 is 5.78 Å². The summed E-state index contributed by atoms with van der Waals surface area (Å²) in [4.78, 5) is 16.0. The number of pyridine rings is 1. The van der Waals surface area contributed by atoms with Crippen molar-refractivity contribution in [2.75, 3.05) is 0 Å². The van der Waals surface area contributed by atoms with Crippen LogP contribution in [0.15, 0.2) is 48.7 Å². The Morgan fingerprint density at radius 2 is 1.82 bits per heavy atom. The molecule has 0 bridgehead atoms. The zero-order valence-electron chi connectivity index (χ0n) is 10.5. The van der Waals surface area contributed by atoms with Crippen molar-refractivity contribution in [3.63, 3.8) is 0 Å². The molecule has 1 heterocycles. The van der Waals surface area contributed by atoms with E-state index in [2.05, 4.69) is 4.98 Å². The molecule has 17 heavy (non-hydrogen) atoms. The van der Waals surface area contributed by atoms with Gasteiger partial charge in [0, 0.05) is 11.8 Å². The van der Waals surface area contributed by atoms with Crippen LogP contribution in [-0.2, 0) is 0 Å². The Balaban J connectivity index is 0.000000686. The largest absolute Gasteiger partial charge is 0.287 e. The standard InChI is InChI=1S/C13H11NO.C2H6/c1-10-5-4-6-11(9-10)13(15)12-7-2-3-8-14-12;1-2/h2-9H,1H3;1-2H3. The predicted molar refractivity (Wildman–Crippen MR) is 70.2 cm³/mol. The van der Waals surface area contributed by atoms with Gasteiger partial charge in [0.25, 0.3) is 0 Å². The van der Waals surface area contributed by atoms with Crippen LogP contribution in [0, 0.1) is 6.92 Å². The maximum Gasteiger partial charge on any atom is 0.211 e. The van der Waals surface area contributed by atoms with E-state index in [0.717, 1.165) is 5.56 Å². The number of rotatable bonds is 2. The van der Waals surface area contributed by atoms with Gasteiger partial charge in [-0.25, -0.2) is 0 Å². The molecule has 88 valence electrons. The Labute approximate surface area is 102 Å². The molecule has 2 heteroatoms. The van der Waals surface area contributed by atoms with E-state index >= 15 is 0 Å². The molecular weight excluding hydrogens is 210 g/mol. The van der Waals surface area contributed by atoms with Crippen LogP contribution in [-0.4, -0.2) is 10.8 Å². The van der Waals surface area contributed by atoms with Crippen molar-refractivity contribution in [2.45, 2.75) is 20.8 Å². The Morgan fingerprint density at radius 1 is 1.06 bits per heavy atom. The number of aromatic nitrogens is 1. The monoisotopic (exact) mass is 227 g/mol. The summed E-state index contributed by atoms with van der Waals surface area (Å²) in [5.74, 6) is -0.0284. The molecule has 1 aromatic heterocycles. The second-order valence-electron chi connectivity index (χ2n) is 3.41. The molecule has 0 saturated heterocycles. The van der Waals surface area contributed by atoms with Crippen LogP contribution in [0.5, 0.6) is 0 Å². The summed E-state index contributed by atoms with van der Waals surface area (Å²) in [5.41, 5.74) is 2.26. The van der Waals surface area contributed by atoms with Gasteiger partial charge in [0.1, 0.15) is 5.69 Å². The van der Waals surface area contributed by atoms with Crippen LogP contribution < -0.4 is 0 Å². The first-order chi connectivity index (χ1) is 8.27. The van der Waals surface area contributed by atoms with Crippen LogP contribution in [0.3, 0.4) is 0 Å². The van der Waals surface area contributed by atoms with Crippen molar-refractivity contribution in [1.82, 2.24) is 4.98 Å². The Hall–Kier alpha value is -1.96. The third kappa shape index (κ3) is 3.52. The van der Waals surface area contributed by atoms with Crippen LogP contribution in [0.25, 0.3) is 0 Å². The maximum atomic E-state index is 11.9. The molecule has 0 saturated carbocycles. The van der Waals surface area contributed by atoms with Gasteiger partial charge in [0.15, 0.2) is 0 Å². The summed E-state index contributed by atoms with van der Waals surface area (Å²) < 4.78 is 0. The minimum atomic E-state index is -0.0284. The predicted octanol–water partition coefficient (Wildman–Crippen LogP) is 3.65. The number of benzene rings is 1. The van der Waals surface area contributed by atoms with Gasteiger partial charge in [-0.05, 0) is 25.1 Å². The molecule has 1 aromatic carbocycles. The molecule has 2 rings (SSSR count). The lowest BCUT2D eigenvalue weighted by Gasteiger charge is -2.00. The number of hydrogen-bond donors (Lipinski definition) is 0. The average molecular weight is 227 g/mol. The Kier molecular flexibility index (Phi) is 5.08. The summed E-state index contributed by atoms with van der Waals surface area (Å²) in [7, 11) is 0. The van der Waals surface area contributed by atoms with Crippen LogP contribution in [0.4, 0.5) is 0 Å². The molecule has 0 aliphatic rings. The molecule has 0 unspecified atom stereocenters. The van der Waals surface area contributed by atoms with Crippen molar-refractivity contribution < 1.29 is 4.79 Å². The fraction of sp³-hybridized carbons (Fsp3) is 0.200. The first kappa shape index (κ1) is 13.1. The SMILES string of the molecule is CC.Cc1cccc(C(=O)c2ccccn2)c1. The Morgan fingerprint density at radius 3 is 2.41 bits per heavy atom. The van der Waals surface area contributed by atoms with E-state index in [0.29, 0.717) is 11.3 Å². The fourth-order valence-corrected chi connectivity index (χ4v) is 1.43. The number of carbonyl (C=O) groups is 1. The highest BCUT2D eigenvalue weighted by molar-refractivity contribution is 6.07. The van der Waals surface area contributed by atoms with Gasteiger partial charge in [-0.15, -0.1) is 0 Å². The number of nitrogens with zero attached hydrogens (tertiary/aromatic N) is 1. The quantitative estimate of drug-likeness (QED) is 0.733. The molecule has 2 aromatic rings. The van der Waals surface area contributed by atoms with Gasteiger partial charge in [0.05, 0.1) is 0 Å². The first-order valence-corrected chi connectivity index (χ1v) is 5.80. The van der Waals surface area contributed by atoms with E-state index in [9.17, 15) is 4.79 Å².